The summed E-state index contributed by atoms with van der Waals surface area (Å²) in [6.45, 7) is 1.02. The van der Waals surface area contributed by atoms with Gasteiger partial charge in [0.1, 0.15) is 11.9 Å². The first-order chi connectivity index (χ1) is 14.0. The van der Waals surface area contributed by atoms with Crippen molar-refractivity contribution in [2.75, 3.05) is 20.1 Å². The van der Waals surface area contributed by atoms with Gasteiger partial charge < -0.3 is 26.4 Å². The monoisotopic (exact) mass is 523 g/mol. The van der Waals surface area contributed by atoms with E-state index < -0.39 is 5.91 Å². The topological polar surface area (TPSA) is 118 Å². The van der Waals surface area contributed by atoms with Gasteiger partial charge in [-0.1, -0.05) is 30.3 Å². The van der Waals surface area contributed by atoms with E-state index in [1.54, 1.807) is 19.2 Å². The van der Waals surface area contributed by atoms with E-state index in [1.807, 2.05) is 30.3 Å². The highest BCUT2D eigenvalue weighted by Crippen LogP contribution is 2.27. The molecule has 2 aromatic carbocycles. The SMILES string of the molecule is CN=C(NCc1ccc(C(=O)NCC(N)=O)cc1)NCC1Cc2ccccc2O1.I. The Labute approximate surface area is 192 Å². The number of amides is 2. The second-order valence-corrected chi connectivity index (χ2v) is 6.70. The molecule has 1 heterocycles. The number of rotatable bonds is 7. The molecule has 0 radical (unpaired) electrons. The maximum atomic E-state index is 11.9. The summed E-state index contributed by atoms with van der Waals surface area (Å²) >= 11 is 0. The minimum atomic E-state index is -0.579. The number of carbonyl (C=O) groups excluding carboxylic acids is 2. The normalized spacial score (nSPS) is 14.7. The molecule has 3 rings (SSSR count). The molecule has 1 aliphatic heterocycles. The van der Waals surface area contributed by atoms with Gasteiger partial charge in [-0.05, 0) is 29.3 Å². The van der Waals surface area contributed by atoms with Crippen LogP contribution in [0.3, 0.4) is 0 Å². The molecule has 0 aromatic heterocycles. The zero-order valence-electron chi connectivity index (χ0n) is 16.7. The number of halogens is 1. The number of fused-ring (bicyclic) bond motifs is 1. The van der Waals surface area contributed by atoms with Crippen LogP contribution in [0.5, 0.6) is 5.75 Å². The molecule has 2 aromatic rings. The minimum Gasteiger partial charge on any atom is -0.488 e. The summed E-state index contributed by atoms with van der Waals surface area (Å²) in [5.74, 6) is 0.707. The number of nitrogens with one attached hydrogen (secondary N) is 3. The molecule has 1 atom stereocenters. The summed E-state index contributed by atoms with van der Waals surface area (Å²) in [4.78, 5) is 26.9. The molecule has 9 heteroatoms. The zero-order chi connectivity index (χ0) is 20.6. The van der Waals surface area contributed by atoms with Crippen molar-refractivity contribution >= 4 is 41.8 Å². The van der Waals surface area contributed by atoms with Gasteiger partial charge in [-0.3, -0.25) is 14.6 Å². The van der Waals surface area contributed by atoms with Crippen LogP contribution in [-0.2, 0) is 17.8 Å². The van der Waals surface area contributed by atoms with E-state index in [9.17, 15) is 9.59 Å². The van der Waals surface area contributed by atoms with Crippen molar-refractivity contribution in [3.63, 3.8) is 0 Å². The molecule has 1 aliphatic rings. The van der Waals surface area contributed by atoms with Gasteiger partial charge in [0.2, 0.25) is 5.91 Å². The number of nitrogens with zero attached hydrogens (tertiary/aromatic N) is 1. The summed E-state index contributed by atoms with van der Waals surface area (Å²) < 4.78 is 5.92. The second-order valence-electron chi connectivity index (χ2n) is 6.70. The van der Waals surface area contributed by atoms with Crippen molar-refractivity contribution in [3.8, 4) is 5.75 Å². The number of hydrogen-bond acceptors (Lipinski definition) is 4. The Balaban J connectivity index is 0.00000320. The Morgan fingerprint density at radius 1 is 1.10 bits per heavy atom. The molecule has 0 bridgehead atoms. The number of para-hydroxylation sites is 1. The number of primary amides is 1. The lowest BCUT2D eigenvalue weighted by Crippen LogP contribution is -2.41. The fourth-order valence-electron chi connectivity index (χ4n) is 3.03. The van der Waals surface area contributed by atoms with Gasteiger partial charge in [-0.2, -0.15) is 0 Å². The lowest BCUT2D eigenvalue weighted by Gasteiger charge is -2.15. The van der Waals surface area contributed by atoms with Crippen LogP contribution in [0.25, 0.3) is 0 Å². The van der Waals surface area contributed by atoms with E-state index in [0.29, 0.717) is 24.6 Å². The summed E-state index contributed by atoms with van der Waals surface area (Å²) in [5, 5.41) is 8.98. The largest absolute Gasteiger partial charge is 0.488 e. The first kappa shape index (κ1) is 23.5. The van der Waals surface area contributed by atoms with E-state index >= 15 is 0 Å². The fraction of sp³-hybridized carbons (Fsp3) is 0.286. The van der Waals surface area contributed by atoms with Crippen LogP contribution in [0.15, 0.2) is 53.5 Å². The van der Waals surface area contributed by atoms with Gasteiger partial charge in [-0.15, -0.1) is 24.0 Å². The lowest BCUT2D eigenvalue weighted by atomic mass is 10.1. The van der Waals surface area contributed by atoms with E-state index in [4.69, 9.17) is 10.5 Å². The van der Waals surface area contributed by atoms with Gasteiger partial charge in [0.05, 0.1) is 13.1 Å². The van der Waals surface area contributed by atoms with Crippen molar-refractivity contribution < 1.29 is 14.3 Å². The minimum absolute atomic E-state index is 0. The predicted molar refractivity (Wildman–Crippen MR) is 126 cm³/mol. The number of benzene rings is 2. The van der Waals surface area contributed by atoms with Crippen LogP contribution in [0.1, 0.15) is 21.5 Å². The Kier molecular flexibility index (Phi) is 8.90. The number of ether oxygens (including phenoxy) is 1. The van der Waals surface area contributed by atoms with Crippen molar-refractivity contribution in [1.29, 1.82) is 0 Å². The van der Waals surface area contributed by atoms with Gasteiger partial charge in [0, 0.05) is 25.6 Å². The third-order valence-corrected chi connectivity index (χ3v) is 4.53. The molecule has 0 saturated heterocycles. The van der Waals surface area contributed by atoms with Crippen LogP contribution in [0.4, 0.5) is 0 Å². The highest BCUT2D eigenvalue weighted by Gasteiger charge is 2.22. The molecular formula is C21H26IN5O3. The molecule has 0 saturated carbocycles. The number of hydrogen-bond donors (Lipinski definition) is 4. The van der Waals surface area contributed by atoms with Crippen LogP contribution >= 0.6 is 24.0 Å². The molecule has 5 N–H and O–H groups in total. The Hall–Kier alpha value is -2.82. The maximum Gasteiger partial charge on any atom is 0.251 e. The Bertz CT molecular complexity index is 877. The first-order valence-corrected chi connectivity index (χ1v) is 9.39. The predicted octanol–water partition coefficient (Wildman–Crippen LogP) is 1.19. The summed E-state index contributed by atoms with van der Waals surface area (Å²) in [6.07, 6.45) is 0.948. The van der Waals surface area contributed by atoms with Gasteiger partial charge in [-0.25, -0.2) is 0 Å². The average molecular weight is 523 g/mol. The second kappa shape index (κ2) is 11.4. The summed E-state index contributed by atoms with van der Waals surface area (Å²) in [6, 6.07) is 15.2. The molecule has 0 fully saturated rings. The van der Waals surface area contributed by atoms with Crippen LogP contribution in [0.2, 0.25) is 0 Å². The molecule has 0 aliphatic carbocycles. The van der Waals surface area contributed by atoms with Crippen molar-refractivity contribution in [2.45, 2.75) is 19.1 Å². The molecule has 30 heavy (non-hydrogen) atoms. The highest BCUT2D eigenvalue weighted by atomic mass is 127. The summed E-state index contributed by atoms with van der Waals surface area (Å²) in [7, 11) is 1.71. The smallest absolute Gasteiger partial charge is 0.251 e. The van der Waals surface area contributed by atoms with Gasteiger partial charge >= 0.3 is 0 Å². The third-order valence-electron chi connectivity index (χ3n) is 4.53. The first-order valence-electron chi connectivity index (χ1n) is 9.39. The van der Waals surface area contributed by atoms with Gasteiger partial charge in [0.15, 0.2) is 5.96 Å². The summed E-state index contributed by atoms with van der Waals surface area (Å²) in [5.41, 5.74) is 7.71. The Morgan fingerprint density at radius 2 is 1.83 bits per heavy atom. The van der Waals surface area contributed by atoms with Crippen LogP contribution < -0.4 is 26.4 Å². The molecule has 160 valence electrons. The molecule has 0 spiro atoms. The zero-order valence-corrected chi connectivity index (χ0v) is 19.0. The molecule has 1 unspecified atom stereocenters. The molecule has 8 nitrogen and oxygen atoms in total. The van der Waals surface area contributed by atoms with E-state index in [1.165, 1.54) is 5.56 Å². The quantitative estimate of drug-likeness (QED) is 0.247. The van der Waals surface area contributed by atoms with Gasteiger partial charge in [0.25, 0.3) is 5.91 Å². The fourth-order valence-corrected chi connectivity index (χ4v) is 3.03. The van der Waals surface area contributed by atoms with Crippen LogP contribution in [-0.4, -0.2) is 44.0 Å². The number of nitrogens with two attached hydrogens (primary N) is 1. The Morgan fingerprint density at radius 3 is 2.50 bits per heavy atom. The standard InChI is InChI=1S/C21H25N5O3.HI/c1-23-21(26-12-17-10-16-4-2-3-5-18(16)29-17)25-11-14-6-8-15(9-7-14)20(28)24-13-19(22)27;/h2-9,17H,10-13H2,1H3,(H2,22,27)(H,24,28)(H2,23,25,26);1H. The van der Waals surface area contributed by atoms with Crippen molar-refractivity contribution in [3.05, 3.63) is 65.2 Å². The van der Waals surface area contributed by atoms with E-state index in [0.717, 1.165) is 17.7 Å². The number of aliphatic imine (C=N–C) groups is 1. The van der Waals surface area contributed by atoms with E-state index in [-0.39, 0.29) is 42.5 Å². The maximum absolute atomic E-state index is 11.9. The molecular weight excluding hydrogens is 497 g/mol. The number of carbonyl (C=O) groups is 2. The number of guanidine groups is 1. The highest BCUT2D eigenvalue weighted by molar-refractivity contribution is 14.0. The lowest BCUT2D eigenvalue weighted by molar-refractivity contribution is -0.117. The average Bonchev–Trinajstić information content (AvgIpc) is 3.15. The van der Waals surface area contributed by atoms with Crippen molar-refractivity contribution in [1.82, 2.24) is 16.0 Å². The molecule has 2 amide bonds. The van der Waals surface area contributed by atoms with E-state index in [2.05, 4.69) is 27.0 Å². The van der Waals surface area contributed by atoms with Crippen molar-refractivity contribution in [2.24, 2.45) is 10.7 Å². The van der Waals surface area contributed by atoms with Crippen LogP contribution in [0, 0.1) is 0 Å². The third kappa shape index (κ3) is 6.61.